The molecule has 0 spiro atoms. The van der Waals surface area contributed by atoms with E-state index >= 15 is 0 Å². The van der Waals surface area contributed by atoms with Crippen LogP contribution in [0.4, 0.5) is 0 Å². The summed E-state index contributed by atoms with van der Waals surface area (Å²) in [6.45, 7) is 0.865. The van der Waals surface area contributed by atoms with Crippen LogP contribution in [-0.4, -0.2) is 15.6 Å². The summed E-state index contributed by atoms with van der Waals surface area (Å²) in [6, 6.07) is 3.65. The SMILES string of the molecule is O=C(O)c1ccc2n1CCCCC2. The van der Waals surface area contributed by atoms with E-state index in [-0.39, 0.29) is 0 Å². The molecule has 1 aromatic rings. The Morgan fingerprint density at radius 2 is 2.15 bits per heavy atom. The lowest BCUT2D eigenvalue weighted by atomic mass is 10.2. The largest absolute Gasteiger partial charge is 0.477 e. The van der Waals surface area contributed by atoms with Gasteiger partial charge in [0.25, 0.3) is 0 Å². The standard InChI is InChI=1S/C10H13NO2/c12-10(13)9-6-5-8-4-2-1-3-7-11(8)9/h5-6H,1-4,7H2,(H,12,13). The Balaban J connectivity index is 2.39. The van der Waals surface area contributed by atoms with Crippen LogP contribution in [0.2, 0.25) is 0 Å². The smallest absolute Gasteiger partial charge is 0.352 e. The van der Waals surface area contributed by atoms with Gasteiger partial charge in [0.15, 0.2) is 0 Å². The van der Waals surface area contributed by atoms with E-state index in [1.807, 2.05) is 10.6 Å². The zero-order valence-corrected chi connectivity index (χ0v) is 7.49. The first-order valence-electron chi connectivity index (χ1n) is 4.71. The lowest BCUT2D eigenvalue weighted by Gasteiger charge is -2.06. The van der Waals surface area contributed by atoms with Gasteiger partial charge >= 0.3 is 5.97 Å². The zero-order chi connectivity index (χ0) is 9.26. The monoisotopic (exact) mass is 179 g/mol. The highest BCUT2D eigenvalue weighted by Gasteiger charge is 2.15. The molecule has 1 N–H and O–H groups in total. The average Bonchev–Trinajstić information content (AvgIpc) is 2.36. The molecule has 70 valence electrons. The molecule has 0 saturated heterocycles. The molecule has 0 unspecified atom stereocenters. The van der Waals surface area contributed by atoms with Crippen LogP contribution in [0.5, 0.6) is 0 Å². The number of rotatable bonds is 1. The molecule has 0 saturated carbocycles. The van der Waals surface area contributed by atoms with E-state index in [1.165, 1.54) is 18.5 Å². The summed E-state index contributed by atoms with van der Waals surface area (Å²) in [4.78, 5) is 10.8. The molecular formula is C10H13NO2. The molecule has 0 aliphatic carbocycles. The van der Waals surface area contributed by atoms with Gasteiger partial charge in [0.2, 0.25) is 0 Å². The van der Waals surface area contributed by atoms with E-state index < -0.39 is 5.97 Å². The molecule has 2 rings (SSSR count). The molecule has 3 heteroatoms. The first kappa shape index (κ1) is 8.35. The number of carbonyl (C=O) groups is 1. The van der Waals surface area contributed by atoms with E-state index in [2.05, 4.69) is 0 Å². The number of aryl methyl sites for hydroxylation is 1. The van der Waals surface area contributed by atoms with Crippen LogP contribution in [0.15, 0.2) is 12.1 Å². The summed E-state index contributed by atoms with van der Waals surface area (Å²) < 4.78 is 1.94. The maximum atomic E-state index is 10.8. The predicted molar refractivity (Wildman–Crippen MR) is 48.9 cm³/mol. The second kappa shape index (κ2) is 3.24. The third-order valence-electron chi connectivity index (χ3n) is 2.60. The van der Waals surface area contributed by atoms with Crippen molar-refractivity contribution in [2.75, 3.05) is 0 Å². The third kappa shape index (κ3) is 1.46. The second-order valence-electron chi connectivity index (χ2n) is 3.48. The van der Waals surface area contributed by atoms with E-state index in [0.29, 0.717) is 5.69 Å². The lowest BCUT2D eigenvalue weighted by Crippen LogP contribution is -2.09. The number of nitrogens with zero attached hydrogens (tertiary/aromatic N) is 1. The van der Waals surface area contributed by atoms with Crippen LogP contribution in [0.1, 0.15) is 35.4 Å². The van der Waals surface area contributed by atoms with E-state index in [4.69, 9.17) is 5.11 Å². The van der Waals surface area contributed by atoms with Crippen molar-refractivity contribution in [1.82, 2.24) is 4.57 Å². The summed E-state index contributed by atoms with van der Waals surface area (Å²) in [5.41, 5.74) is 1.62. The molecule has 0 amide bonds. The number of aromatic carboxylic acids is 1. The van der Waals surface area contributed by atoms with Crippen molar-refractivity contribution in [3.63, 3.8) is 0 Å². The van der Waals surface area contributed by atoms with Gasteiger partial charge in [0, 0.05) is 12.2 Å². The molecule has 0 bridgehead atoms. The van der Waals surface area contributed by atoms with Crippen molar-refractivity contribution in [3.8, 4) is 0 Å². The van der Waals surface area contributed by atoms with Gasteiger partial charge in [-0.1, -0.05) is 6.42 Å². The fourth-order valence-electron chi connectivity index (χ4n) is 1.93. The lowest BCUT2D eigenvalue weighted by molar-refractivity contribution is 0.0684. The number of carboxylic acids is 1. The summed E-state index contributed by atoms with van der Waals surface area (Å²) in [6.07, 6.45) is 4.51. The van der Waals surface area contributed by atoms with Crippen LogP contribution >= 0.6 is 0 Å². The van der Waals surface area contributed by atoms with Crippen molar-refractivity contribution in [2.24, 2.45) is 0 Å². The van der Waals surface area contributed by atoms with Gasteiger partial charge in [0.05, 0.1) is 0 Å². The second-order valence-corrected chi connectivity index (χ2v) is 3.48. The Morgan fingerprint density at radius 1 is 1.31 bits per heavy atom. The van der Waals surface area contributed by atoms with Gasteiger partial charge in [-0.3, -0.25) is 0 Å². The zero-order valence-electron chi connectivity index (χ0n) is 7.49. The van der Waals surface area contributed by atoms with Crippen LogP contribution in [-0.2, 0) is 13.0 Å². The van der Waals surface area contributed by atoms with Crippen molar-refractivity contribution in [3.05, 3.63) is 23.5 Å². The summed E-state index contributed by atoms with van der Waals surface area (Å²) in [5.74, 6) is -0.812. The summed E-state index contributed by atoms with van der Waals surface area (Å²) >= 11 is 0. The van der Waals surface area contributed by atoms with E-state index in [1.54, 1.807) is 6.07 Å². The van der Waals surface area contributed by atoms with Crippen molar-refractivity contribution >= 4 is 5.97 Å². The van der Waals surface area contributed by atoms with Crippen LogP contribution in [0, 0.1) is 0 Å². The molecular weight excluding hydrogens is 166 g/mol. The first-order chi connectivity index (χ1) is 6.29. The maximum Gasteiger partial charge on any atom is 0.352 e. The third-order valence-corrected chi connectivity index (χ3v) is 2.60. The summed E-state index contributed by atoms with van der Waals surface area (Å²) in [7, 11) is 0. The van der Waals surface area contributed by atoms with Crippen molar-refractivity contribution < 1.29 is 9.90 Å². The van der Waals surface area contributed by atoms with Crippen LogP contribution in [0.25, 0.3) is 0 Å². The van der Waals surface area contributed by atoms with Crippen molar-refractivity contribution in [2.45, 2.75) is 32.2 Å². The number of hydrogen-bond acceptors (Lipinski definition) is 1. The minimum atomic E-state index is -0.812. The molecule has 1 aromatic heterocycles. The van der Waals surface area contributed by atoms with Gasteiger partial charge in [0.1, 0.15) is 5.69 Å². The Labute approximate surface area is 77.0 Å². The van der Waals surface area contributed by atoms with Gasteiger partial charge < -0.3 is 9.67 Å². The Bertz CT molecular complexity index is 328. The predicted octanol–water partition coefficient (Wildman–Crippen LogP) is 1.91. The minimum absolute atomic E-state index is 0.442. The highest BCUT2D eigenvalue weighted by Crippen LogP contribution is 2.18. The van der Waals surface area contributed by atoms with Gasteiger partial charge in [-0.05, 0) is 31.4 Å². The number of hydrogen-bond donors (Lipinski definition) is 1. The van der Waals surface area contributed by atoms with Crippen LogP contribution in [0.3, 0.4) is 0 Å². The average molecular weight is 179 g/mol. The van der Waals surface area contributed by atoms with E-state index in [0.717, 1.165) is 19.4 Å². The topological polar surface area (TPSA) is 42.2 Å². The molecule has 3 nitrogen and oxygen atoms in total. The van der Waals surface area contributed by atoms with Crippen LogP contribution < -0.4 is 0 Å². The molecule has 1 aliphatic rings. The molecule has 0 atom stereocenters. The normalized spacial score (nSPS) is 16.3. The molecule has 2 heterocycles. The Hall–Kier alpha value is -1.25. The molecule has 0 fully saturated rings. The van der Waals surface area contributed by atoms with Gasteiger partial charge in [-0.25, -0.2) is 4.79 Å². The number of aromatic nitrogens is 1. The maximum absolute atomic E-state index is 10.8. The Kier molecular flexibility index (Phi) is 2.08. The Morgan fingerprint density at radius 3 is 2.92 bits per heavy atom. The van der Waals surface area contributed by atoms with E-state index in [9.17, 15) is 4.79 Å². The number of carboxylic acid groups (broad SMARTS) is 1. The number of fused-ring (bicyclic) bond motifs is 1. The molecule has 13 heavy (non-hydrogen) atoms. The summed E-state index contributed by atoms with van der Waals surface area (Å²) in [5, 5.41) is 8.90. The minimum Gasteiger partial charge on any atom is -0.477 e. The highest BCUT2D eigenvalue weighted by atomic mass is 16.4. The highest BCUT2D eigenvalue weighted by molar-refractivity contribution is 5.86. The molecule has 0 radical (unpaired) electrons. The molecule has 0 aromatic carbocycles. The van der Waals surface area contributed by atoms with Gasteiger partial charge in [-0.2, -0.15) is 0 Å². The fraction of sp³-hybridized carbons (Fsp3) is 0.500. The van der Waals surface area contributed by atoms with Gasteiger partial charge in [-0.15, -0.1) is 0 Å². The fourth-order valence-corrected chi connectivity index (χ4v) is 1.93. The quantitative estimate of drug-likeness (QED) is 0.715. The molecule has 1 aliphatic heterocycles. The first-order valence-corrected chi connectivity index (χ1v) is 4.71. The van der Waals surface area contributed by atoms with Crippen molar-refractivity contribution in [1.29, 1.82) is 0 Å².